The third-order valence-corrected chi connectivity index (χ3v) is 6.44. The van der Waals surface area contributed by atoms with E-state index in [2.05, 4.69) is 10.3 Å². The maximum absolute atomic E-state index is 13.1. The number of carbonyl (C=O) groups excluding carboxylic acids is 2. The van der Waals surface area contributed by atoms with Gasteiger partial charge in [-0.25, -0.2) is 10.5 Å². The van der Waals surface area contributed by atoms with E-state index in [1.54, 1.807) is 23.8 Å². The molecular formula is C24H24N4O4S. The molecule has 0 radical (unpaired) electrons. The Kier molecular flexibility index (Phi) is 6.81. The zero-order valence-corrected chi connectivity index (χ0v) is 18.9. The summed E-state index contributed by atoms with van der Waals surface area (Å²) in [4.78, 5) is 41.8. The van der Waals surface area contributed by atoms with E-state index in [4.69, 9.17) is 5.21 Å². The lowest BCUT2D eigenvalue weighted by Crippen LogP contribution is -2.24. The summed E-state index contributed by atoms with van der Waals surface area (Å²) >= 11 is 1.37. The molecule has 0 saturated carbocycles. The first-order valence-electron chi connectivity index (χ1n) is 10.7. The van der Waals surface area contributed by atoms with Crippen LogP contribution in [0.1, 0.15) is 41.6 Å². The van der Waals surface area contributed by atoms with Crippen molar-refractivity contribution >= 4 is 49.4 Å². The van der Waals surface area contributed by atoms with Crippen LogP contribution in [0, 0.1) is 6.92 Å². The Balaban J connectivity index is 1.58. The van der Waals surface area contributed by atoms with Gasteiger partial charge in [-0.1, -0.05) is 42.0 Å². The number of para-hydroxylation sites is 2. The van der Waals surface area contributed by atoms with E-state index in [-0.39, 0.29) is 17.4 Å². The first-order valence-corrected chi connectivity index (χ1v) is 11.5. The number of hydroxylamine groups is 1. The van der Waals surface area contributed by atoms with Crippen LogP contribution in [0.25, 0.3) is 21.1 Å². The predicted octanol–water partition coefficient (Wildman–Crippen LogP) is 4.24. The Labute approximate surface area is 193 Å². The number of aromatic nitrogens is 2. The van der Waals surface area contributed by atoms with E-state index in [1.807, 2.05) is 41.8 Å². The molecule has 0 unspecified atom stereocenters. The number of nitrogens with one attached hydrogen (secondary N) is 2. The van der Waals surface area contributed by atoms with Gasteiger partial charge in [0.05, 0.1) is 15.7 Å². The molecule has 0 aliphatic rings. The molecular weight excluding hydrogens is 440 g/mol. The van der Waals surface area contributed by atoms with Gasteiger partial charge in [0, 0.05) is 24.5 Å². The molecule has 0 saturated heterocycles. The lowest BCUT2D eigenvalue weighted by molar-refractivity contribution is -0.129. The second kappa shape index (κ2) is 9.93. The fourth-order valence-electron chi connectivity index (χ4n) is 3.80. The summed E-state index contributed by atoms with van der Waals surface area (Å²) < 4.78 is 2.87. The molecule has 0 bridgehead atoms. The van der Waals surface area contributed by atoms with Crippen molar-refractivity contribution in [2.45, 2.75) is 39.2 Å². The number of carbonyl (C=O) groups is 2. The monoisotopic (exact) mass is 464 g/mol. The van der Waals surface area contributed by atoms with Crippen molar-refractivity contribution in [2.75, 3.05) is 5.32 Å². The summed E-state index contributed by atoms with van der Waals surface area (Å²) in [7, 11) is 0. The van der Waals surface area contributed by atoms with E-state index in [0.29, 0.717) is 23.5 Å². The Bertz CT molecular complexity index is 1390. The van der Waals surface area contributed by atoms with Gasteiger partial charge in [-0.3, -0.25) is 24.9 Å². The first kappa shape index (κ1) is 22.6. The Morgan fingerprint density at radius 2 is 1.91 bits per heavy atom. The van der Waals surface area contributed by atoms with Crippen LogP contribution < -0.4 is 16.2 Å². The largest absolute Gasteiger partial charge is 0.346 e. The molecule has 2 amide bonds. The summed E-state index contributed by atoms with van der Waals surface area (Å²) in [5.74, 6) is -0.899. The summed E-state index contributed by atoms with van der Waals surface area (Å²) in [6, 6.07) is 13.1. The van der Waals surface area contributed by atoms with Gasteiger partial charge in [0.25, 0.3) is 5.91 Å². The maximum Gasteiger partial charge on any atom is 0.262 e. The number of thiazole rings is 1. The number of fused-ring (bicyclic) bond motifs is 2. The van der Waals surface area contributed by atoms with Crippen molar-refractivity contribution in [1.82, 2.24) is 15.0 Å². The molecule has 9 heteroatoms. The van der Waals surface area contributed by atoms with E-state index in [1.165, 1.54) is 11.3 Å². The number of benzene rings is 2. The number of nitrogens with zero attached hydrogens (tertiary/aromatic N) is 2. The fraction of sp³-hybridized carbons (Fsp3) is 0.250. The van der Waals surface area contributed by atoms with Crippen molar-refractivity contribution in [3.8, 4) is 0 Å². The SMILES string of the molecule is Cc1cccc2sc(NC(=O)c3cn(CCCCCC(=O)NO)c4ccccc4c3=O)nc12. The molecule has 4 rings (SSSR count). The molecule has 4 aromatic rings. The molecule has 33 heavy (non-hydrogen) atoms. The normalized spacial score (nSPS) is 11.1. The summed E-state index contributed by atoms with van der Waals surface area (Å²) in [6.45, 7) is 2.55. The molecule has 3 N–H and O–H groups in total. The second-order valence-corrected chi connectivity index (χ2v) is 8.85. The van der Waals surface area contributed by atoms with Crippen LogP contribution in [0.15, 0.2) is 53.5 Å². The van der Waals surface area contributed by atoms with Crippen molar-refractivity contribution in [2.24, 2.45) is 0 Å². The van der Waals surface area contributed by atoms with Gasteiger partial charge in [-0.15, -0.1) is 0 Å². The topological polar surface area (TPSA) is 113 Å². The molecule has 0 spiro atoms. The molecule has 2 aromatic carbocycles. The molecule has 8 nitrogen and oxygen atoms in total. The first-order chi connectivity index (χ1) is 16.0. The standard InChI is InChI=1S/C24H24N4O4S/c1-15-8-7-11-19-21(15)25-24(33-19)26-23(31)17-14-28(13-6-2-3-12-20(29)27-32)18-10-5-4-9-16(18)22(17)30/h4-5,7-11,14,32H,2-3,6,12-13H2,1H3,(H,27,29)(H,25,26,31). The Morgan fingerprint density at radius 1 is 1.09 bits per heavy atom. The molecule has 0 aliphatic heterocycles. The maximum atomic E-state index is 13.1. The third-order valence-electron chi connectivity index (χ3n) is 5.50. The number of anilines is 1. The number of hydrogen-bond donors (Lipinski definition) is 3. The highest BCUT2D eigenvalue weighted by molar-refractivity contribution is 7.22. The number of rotatable bonds is 8. The van der Waals surface area contributed by atoms with Crippen LogP contribution in [0.2, 0.25) is 0 Å². The predicted molar refractivity (Wildman–Crippen MR) is 129 cm³/mol. The van der Waals surface area contributed by atoms with E-state index in [0.717, 1.165) is 34.1 Å². The van der Waals surface area contributed by atoms with Crippen LogP contribution in [-0.2, 0) is 11.3 Å². The van der Waals surface area contributed by atoms with Crippen molar-refractivity contribution in [3.05, 3.63) is 70.0 Å². The second-order valence-electron chi connectivity index (χ2n) is 7.82. The van der Waals surface area contributed by atoms with Crippen molar-refractivity contribution in [3.63, 3.8) is 0 Å². The molecule has 170 valence electrons. The smallest absolute Gasteiger partial charge is 0.262 e. The number of amides is 2. The number of aryl methyl sites for hydroxylation is 2. The van der Waals surface area contributed by atoms with Crippen LogP contribution in [-0.4, -0.2) is 26.6 Å². The lowest BCUT2D eigenvalue weighted by atomic mass is 10.1. The minimum absolute atomic E-state index is 0.0596. The zero-order valence-electron chi connectivity index (χ0n) is 18.1. The third kappa shape index (κ3) is 4.94. The van der Waals surface area contributed by atoms with Crippen molar-refractivity contribution < 1.29 is 14.8 Å². The minimum atomic E-state index is -0.490. The van der Waals surface area contributed by atoms with Gasteiger partial charge < -0.3 is 4.57 Å². The van der Waals surface area contributed by atoms with Crippen LogP contribution in [0.5, 0.6) is 0 Å². The number of unbranched alkanes of at least 4 members (excludes halogenated alkanes) is 2. The zero-order chi connectivity index (χ0) is 23.4. The van der Waals surface area contributed by atoms with Gasteiger partial charge in [0.1, 0.15) is 5.56 Å². The molecule has 0 atom stereocenters. The molecule has 0 fully saturated rings. The van der Waals surface area contributed by atoms with Gasteiger partial charge in [0.15, 0.2) is 5.13 Å². The number of hydrogen-bond acceptors (Lipinski definition) is 6. The van der Waals surface area contributed by atoms with E-state index >= 15 is 0 Å². The number of pyridine rings is 1. The average molecular weight is 465 g/mol. The quantitative estimate of drug-likeness (QED) is 0.205. The van der Waals surface area contributed by atoms with E-state index < -0.39 is 11.8 Å². The summed E-state index contributed by atoms with van der Waals surface area (Å²) in [5, 5.41) is 12.3. The van der Waals surface area contributed by atoms with Crippen LogP contribution in [0.4, 0.5) is 5.13 Å². The summed E-state index contributed by atoms with van der Waals surface area (Å²) in [6.07, 6.45) is 3.99. The van der Waals surface area contributed by atoms with Gasteiger partial charge >= 0.3 is 0 Å². The van der Waals surface area contributed by atoms with Crippen LogP contribution in [0.3, 0.4) is 0 Å². The Morgan fingerprint density at radius 3 is 2.70 bits per heavy atom. The molecule has 0 aliphatic carbocycles. The highest BCUT2D eigenvalue weighted by Gasteiger charge is 2.17. The summed E-state index contributed by atoms with van der Waals surface area (Å²) in [5.41, 5.74) is 3.98. The van der Waals surface area contributed by atoms with Gasteiger partial charge in [0.2, 0.25) is 11.3 Å². The Hall–Kier alpha value is -3.56. The average Bonchev–Trinajstić information content (AvgIpc) is 3.23. The highest BCUT2D eigenvalue weighted by atomic mass is 32.1. The fourth-order valence-corrected chi connectivity index (χ4v) is 4.74. The van der Waals surface area contributed by atoms with E-state index in [9.17, 15) is 14.4 Å². The van der Waals surface area contributed by atoms with Crippen LogP contribution >= 0.6 is 11.3 Å². The molecule has 2 heterocycles. The minimum Gasteiger partial charge on any atom is -0.346 e. The highest BCUT2D eigenvalue weighted by Crippen LogP contribution is 2.28. The van der Waals surface area contributed by atoms with Gasteiger partial charge in [-0.05, 0) is 43.5 Å². The van der Waals surface area contributed by atoms with Gasteiger partial charge in [-0.2, -0.15) is 0 Å². The van der Waals surface area contributed by atoms with Crippen molar-refractivity contribution in [1.29, 1.82) is 0 Å². The molecule has 2 aromatic heterocycles. The lowest BCUT2D eigenvalue weighted by Gasteiger charge is -2.13.